The highest BCUT2D eigenvalue weighted by Crippen LogP contribution is 2.33. The molecule has 0 aliphatic carbocycles. The zero-order chi connectivity index (χ0) is 77.3. The van der Waals surface area contributed by atoms with Crippen molar-refractivity contribution in [2.45, 2.75) is 359 Å². The molecule has 8 atom stereocenters. The Kier molecular flexibility index (Phi) is 47.6. The van der Waals surface area contributed by atoms with Crippen molar-refractivity contribution in [2.75, 3.05) is 26.3 Å². The summed E-state index contributed by atoms with van der Waals surface area (Å²) in [6.45, 7) is 8.23. The third kappa shape index (κ3) is 39.1. The van der Waals surface area contributed by atoms with Crippen LogP contribution in [0.2, 0.25) is 0 Å². The van der Waals surface area contributed by atoms with Gasteiger partial charge in [-0.05, 0) is 59.1 Å². The molecule has 2 N–H and O–H groups in total. The van der Waals surface area contributed by atoms with Gasteiger partial charge in [-0.3, -0.25) is 9.69 Å². The molecular weight excluding hydrogens is 1380 g/mol. The zero-order valence-electron chi connectivity index (χ0n) is 68.7. The van der Waals surface area contributed by atoms with Crippen LogP contribution in [0.25, 0.3) is 0 Å². The van der Waals surface area contributed by atoms with E-state index in [9.17, 15) is 4.79 Å². The molecule has 612 valence electrons. The number of likely N-dealkylation sites (tertiary alicyclic amines) is 1. The van der Waals surface area contributed by atoms with Gasteiger partial charge in [0.1, 0.15) is 37.1 Å². The van der Waals surface area contributed by atoms with Gasteiger partial charge in [-0.1, -0.05) is 414 Å². The van der Waals surface area contributed by atoms with Crippen molar-refractivity contribution in [3.05, 3.63) is 215 Å². The third-order valence-corrected chi connectivity index (χ3v) is 22.5. The van der Waals surface area contributed by atoms with Crippen LogP contribution in [0.3, 0.4) is 0 Å². The van der Waals surface area contributed by atoms with Gasteiger partial charge in [-0.15, -0.1) is 0 Å². The van der Waals surface area contributed by atoms with Gasteiger partial charge in [-0.25, -0.2) is 4.79 Å². The minimum absolute atomic E-state index is 0.0396. The van der Waals surface area contributed by atoms with Gasteiger partial charge in [0.15, 0.2) is 6.29 Å². The van der Waals surface area contributed by atoms with Crippen LogP contribution in [0.15, 0.2) is 182 Å². The molecule has 0 aromatic heterocycles. The van der Waals surface area contributed by atoms with Crippen LogP contribution in [-0.4, -0.2) is 98.2 Å². The number of amides is 2. The molecule has 0 spiro atoms. The predicted octanol–water partition coefficient (Wildman–Crippen LogP) is 24.0. The molecule has 2 heterocycles. The van der Waals surface area contributed by atoms with E-state index in [0.717, 1.165) is 98.8 Å². The molecular formula is C98H145N3O10. The Labute approximate surface area is 671 Å². The lowest BCUT2D eigenvalue weighted by molar-refractivity contribution is -0.328. The molecule has 13 heteroatoms. The Balaban J connectivity index is 1.00. The smallest absolute Gasteiger partial charge is 0.407 e. The third-order valence-electron chi connectivity index (χ3n) is 22.5. The van der Waals surface area contributed by atoms with E-state index in [1.807, 2.05) is 121 Å². The molecule has 111 heavy (non-hydrogen) atoms. The van der Waals surface area contributed by atoms with Gasteiger partial charge in [0.25, 0.3) is 0 Å². The van der Waals surface area contributed by atoms with Gasteiger partial charge in [0.05, 0.1) is 51.8 Å². The molecule has 13 nitrogen and oxygen atoms in total. The predicted molar refractivity (Wildman–Crippen MR) is 453 cm³/mol. The van der Waals surface area contributed by atoms with Crippen LogP contribution >= 0.6 is 0 Å². The monoisotopic (exact) mass is 1520 g/mol. The first-order valence-electron chi connectivity index (χ1n) is 44.4. The van der Waals surface area contributed by atoms with E-state index in [4.69, 9.17) is 37.9 Å². The lowest BCUT2D eigenvalue weighted by Gasteiger charge is -2.46. The van der Waals surface area contributed by atoms with Crippen LogP contribution in [-0.2, 0) is 82.3 Å². The second-order valence-corrected chi connectivity index (χ2v) is 31.9. The molecule has 2 fully saturated rings. The van der Waals surface area contributed by atoms with E-state index in [0.29, 0.717) is 19.4 Å². The van der Waals surface area contributed by atoms with Crippen LogP contribution in [0.5, 0.6) is 0 Å². The van der Waals surface area contributed by atoms with Gasteiger partial charge in [-0.2, -0.15) is 0 Å². The summed E-state index contributed by atoms with van der Waals surface area (Å²) in [5.74, 6) is -0.0633. The van der Waals surface area contributed by atoms with Crippen molar-refractivity contribution in [3.8, 4) is 0 Å². The summed E-state index contributed by atoms with van der Waals surface area (Å²) in [6.07, 6.45) is 41.5. The number of rotatable bonds is 63. The Hall–Kier alpha value is -6.26. The van der Waals surface area contributed by atoms with Crippen molar-refractivity contribution in [3.63, 3.8) is 0 Å². The fourth-order valence-electron chi connectivity index (χ4n) is 15.8. The van der Waals surface area contributed by atoms with E-state index in [1.165, 1.54) is 192 Å². The van der Waals surface area contributed by atoms with Gasteiger partial charge < -0.3 is 48.5 Å². The van der Waals surface area contributed by atoms with Crippen molar-refractivity contribution in [2.24, 2.45) is 0 Å². The number of benzene rings is 6. The van der Waals surface area contributed by atoms with Crippen LogP contribution in [0.1, 0.15) is 298 Å². The number of nitrogens with one attached hydrogen (secondary N) is 2. The molecule has 2 amide bonds. The number of alkyl carbamates (subject to hydrolysis) is 1. The largest absolute Gasteiger partial charge is 0.447 e. The molecule has 2 aliphatic rings. The van der Waals surface area contributed by atoms with Crippen molar-refractivity contribution in [1.82, 2.24) is 15.5 Å². The summed E-state index contributed by atoms with van der Waals surface area (Å²) in [7, 11) is 0. The standard InChI is InChI=1S/C98H145N3O10/c1-3-5-7-9-11-13-15-17-18-19-20-21-22-23-24-25-26-27-29-31-33-35-55-69-92(102)100-89(93(105-76-84-60-46-38-47-61-84)90(104-75-83-58-44-37-45-59-83)68-54-34-32-30-28-16-14-12-10-8-6-4-2)80-109-97-96(108-79-87-66-52-41-53-67-87)95(107-78-86-64-50-40-51-65-86)94(106-77-85-62-48-39-49-63-85)91(111-97)81-110-98(103)99-88-70-72-101(73-71-88)74-82-56-42-36-43-57-82/h36-53,56-67,88-91,93-97H,3-35,54-55,68-81H2,1-2H3,(H,99,103)(H,100,102)/t89-,90+,91+,93-,94-,95-,96+,97+/m0/s1. The van der Waals surface area contributed by atoms with E-state index in [2.05, 4.69) is 90.0 Å². The van der Waals surface area contributed by atoms with Crippen molar-refractivity contribution >= 4 is 12.0 Å². The van der Waals surface area contributed by atoms with E-state index in [-0.39, 0.29) is 51.6 Å². The molecule has 6 aromatic carbocycles. The summed E-state index contributed by atoms with van der Waals surface area (Å²) in [5, 5.41) is 6.77. The Morgan fingerprint density at radius 1 is 0.396 bits per heavy atom. The Bertz CT molecular complexity index is 3180. The number of carbonyl (C=O) groups is 2. The quantitative estimate of drug-likeness (QED) is 0.0353. The molecule has 6 aromatic rings. The fourth-order valence-corrected chi connectivity index (χ4v) is 15.8. The highest BCUT2D eigenvalue weighted by Gasteiger charge is 2.50. The molecule has 8 rings (SSSR count). The summed E-state index contributed by atoms with van der Waals surface area (Å²) < 4.78 is 56.9. The molecule has 0 saturated carbocycles. The second-order valence-electron chi connectivity index (χ2n) is 31.9. The van der Waals surface area contributed by atoms with Crippen LogP contribution < -0.4 is 10.6 Å². The number of hydrogen-bond donors (Lipinski definition) is 2. The summed E-state index contributed by atoms with van der Waals surface area (Å²) >= 11 is 0. The summed E-state index contributed by atoms with van der Waals surface area (Å²) in [5.41, 5.74) is 6.21. The number of carbonyl (C=O) groups excluding carboxylic acids is 2. The SMILES string of the molecule is CCCCCCCCCCCCCCCCCCCCCCCCCC(=O)N[C@@H](CO[C@@H]1O[C@H](COC(=O)NC2CCN(Cc3ccccc3)CC2)[C@H](OCc2ccccc2)[C@H](OCc2ccccc2)[C@H]1OCc1ccccc1)[C@H](OCc1ccccc1)[C@@H](CCCCCCCCCCCCCC)OCc1ccccc1. The van der Waals surface area contributed by atoms with E-state index >= 15 is 4.79 Å². The number of ether oxygens (including phenoxy) is 8. The van der Waals surface area contributed by atoms with E-state index in [1.54, 1.807) is 0 Å². The van der Waals surface area contributed by atoms with E-state index < -0.39 is 55.0 Å². The summed E-state index contributed by atoms with van der Waals surface area (Å²) in [4.78, 5) is 31.7. The lowest BCUT2D eigenvalue weighted by Crippen LogP contribution is -2.63. The maximum atomic E-state index is 15.0. The minimum atomic E-state index is -1.13. The normalized spacial score (nSPS) is 17.7. The summed E-state index contributed by atoms with van der Waals surface area (Å²) in [6, 6.07) is 60.6. The molecule has 2 saturated heterocycles. The van der Waals surface area contributed by atoms with Gasteiger partial charge in [0.2, 0.25) is 5.91 Å². The first-order chi connectivity index (χ1) is 54.9. The average Bonchev–Trinajstić information content (AvgIpc) is 0.784. The topological polar surface area (TPSA) is 135 Å². The highest BCUT2D eigenvalue weighted by atomic mass is 16.7. The minimum Gasteiger partial charge on any atom is -0.447 e. The zero-order valence-corrected chi connectivity index (χ0v) is 68.7. The van der Waals surface area contributed by atoms with Gasteiger partial charge >= 0.3 is 6.09 Å². The first kappa shape index (κ1) is 90.3. The number of nitrogens with zero attached hydrogens (tertiary/aromatic N) is 1. The molecule has 2 aliphatic heterocycles. The Morgan fingerprint density at radius 2 is 0.748 bits per heavy atom. The Morgan fingerprint density at radius 3 is 1.16 bits per heavy atom. The molecule has 0 radical (unpaired) electrons. The lowest BCUT2D eigenvalue weighted by atomic mass is 9.97. The fraction of sp³-hybridized carbons (Fsp3) is 0.612. The van der Waals surface area contributed by atoms with Gasteiger partial charge in [0, 0.05) is 32.1 Å². The van der Waals surface area contributed by atoms with Crippen LogP contribution in [0.4, 0.5) is 4.79 Å². The van der Waals surface area contributed by atoms with Crippen molar-refractivity contribution < 1.29 is 47.5 Å². The number of piperidine rings is 1. The molecule has 0 unspecified atom stereocenters. The second kappa shape index (κ2) is 58.6. The number of hydrogen-bond acceptors (Lipinski definition) is 11. The maximum absolute atomic E-state index is 15.0. The molecule has 0 bridgehead atoms. The highest BCUT2D eigenvalue weighted by molar-refractivity contribution is 5.76. The van der Waals surface area contributed by atoms with Crippen LogP contribution in [0, 0.1) is 0 Å². The number of unbranched alkanes of at least 4 members (excludes halogenated alkanes) is 33. The first-order valence-corrected chi connectivity index (χ1v) is 44.4. The maximum Gasteiger partial charge on any atom is 0.407 e. The average molecular weight is 1530 g/mol. The van der Waals surface area contributed by atoms with Crippen molar-refractivity contribution in [1.29, 1.82) is 0 Å².